The molecule has 0 saturated heterocycles. The van der Waals surface area contributed by atoms with Crippen LogP contribution in [0.5, 0.6) is 0 Å². The number of carbonyl (C=O) groups is 1. The number of amidine groups is 1. The first-order valence-electron chi connectivity index (χ1n) is 6.29. The number of rotatable bonds is 3. The van der Waals surface area contributed by atoms with Crippen LogP contribution in [0.25, 0.3) is 0 Å². The molecule has 1 fully saturated rings. The van der Waals surface area contributed by atoms with Gasteiger partial charge in [-0.05, 0) is 33.6 Å². The molecule has 1 amide bonds. The van der Waals surface area contributed by atoms with E-state index < -0.39 is 11.7 Å². The molecule has 0 aromatic carbocycles. The molecular weight excluding hydrogens is 234 g/mol. The van der Waals surface area contributed by atoms with Crippen LogP contribution in [0.4, 0.5) is 4.79 Å². The minimum Gasteiger partial charge on any atom is -0.444 e. The zero-order chi connectivity index (χ0) is 13.8. The summed E-state index contributed by atoms with van der Waals surface area (Å²) in [6, 6.07) is 0.125. The number of oxime groups is 1. The highest BCUT2D eigenvalue weighted by molar-refractivity contribution is 5.85. The van der Waals surface area contributed by atoms with Crippen molar-refractivity contribution < 1.29 is 14.7 Å². The summed E-state index contributed by atoms with van der Waals surface area (Å²) < 4.78 is 5.35. The molecule has 0 aromatic heterocycles. The van der Waals surface area contributed by atoms with Crippen LogP contribution >= 0.6 is 0 Å². The van der Waals surface area contributed by atoms with Crippen molar-refractivity contribution >= 4 is 11.9 Å². The van der Waals surface area contributed by atoms with E-state index in [0.29, 0.717) is 0 Å². The molecule has 1 aliphatic carbocycles. The van der Waals surface area contributed by atoms with Gasteiger partial charge in [0.15, 0.2) is 5.84 Å². The van der Waals surface area contributed by atoms with E-state index in [1.165, 1.54) is 0 Å². The van der Waals surface area contributed by atoms with Crippen molar-refractivity contribution in [3.63, 3.8) is 0 Å². The average Bonchev–Trinajstić information content (AvgIpc) is 2.75. The predicted molar refractivity (Wildman–Crippen MR) is 68.6 cm³/mol. The van der Waals surface area contributed by atoms with Crippen LogP contribution in [0.15, 0.2) is 5.16 Å². The molecule has 6 nitrogen and oxygen atoms in total. The molecule has 0 radical (unpaired) electrons. The second kappa shape index (κ2) is 5.93. The molecule has 104 valence electrons. The maximum absolute atomic E-state index is 12.1. The summed E-state index contributed by atoms with van der Waals surface area (Å²) in [6.45, 7) is 5.57. The quantitative estimate of drug-likeness (QED) is 0.350. The molecule has 3 N–H and O–H groups in total. The molecule has 6 heteroatoms. The van der Waals surface area contributed by atoms with Gasteiger partial charge in [-0.15, -0.1) is 0 Å². The first-order chi connectivity index (χ1) is 8.33. The van der Waals surface area contributed by atoms with E-state index in [-0.39, 0.29) is 18.4 Å². The van der Waals surface area contributed by atoms with Gasteiger partial charge in [0.05, 0.1) is 6.54 Å². The summed E-state index contributed by atoms with van der Waals surface area (Å²) in [6.07, 6.45) is 3.68. The molecule has 0 atom stereocenters. The van der Waals surface area contributed by atoms with Crippen LogP contribution in [-0.4, -0.2) is 40.2 Å². The van der Waals surface area contributed by atoms with Crippen molar-refractivity contribution in [1.29, 1.82) is 0 Å². The Morgan fingerprint density at radius 3 is 2.44 bits per heavy atom. The third kappa shape index (κ3) is 4.43. The molecule has 0 spiro atoms. The molecule has 0 heterocycles. The normalized spacial score (nSPS) is 17.8. The van der Waals surface area contributed by atoms with Crippen molar-refractivity contribution in [2.24, 2.45) is 10.9 Å². The maximum atomic E-state index is 12.1. The van der Waals surface area contributed by atoms with E-state index in [0.717, 1.165) is 25.7 Å². The highest BCUT2D eigenvalue weighted by Crippen LogP contribution is 2.24. The second-order valence-electron chi connectivity index (χ2n) is 5.64. The van der Waals surface area contributed by atoms with Gasteiger partial charge >= 0.3 is 6.09 Å². The summed E-state index contributed by atoms with van der Waals surface area (Å²) in [5.41, 5.74) is 4.95. The molecule has 1 saturated carbocycles. The molecule has 0 bridgehead atoms. The standard InChI is InChI=1S/C12H23N3O3/c1-12(2,3)18-11(16)15(8-10(13)14-17)9-6-4-5-7-9/h9,17H,4-8H2,1-3H3,(H2,13,14). The lowest BCUT2D eigenvalue weighted by atomic mass is 10.2. The first-order valence-corrected chi connectivity index (χ1v) is 6.29. The summed E-state index contributed by atoms with van der Waals surface area (Å²) in [4.78, 5) is 13.7. The SMILES string of the molecule is CC(C)(C)OC(=O)N(CC(N)=NO)C1CCCC1. The van der Waals surface area contributed by atoms with Gasteiger partial charge in [-0.2, -0.15) is 0 Å². The predicted octanol–water partition coefficient (Wildman–Crippen LogP) is 1.91. The van der Waals surface area contributed by atoms with Crippen molar-refractivity contribution in [3.8, 4) is 0 Å². The van der Waals surface area contributed by atoms with E-state index in [1.54, 1.807) is 4.90 Å². The number of hydrogen-bond donors (Lipinski definition) is 2. The minimum atomic E-state index is -0.543. The lowest BCUT2D eigenvalue weighted by Gasteiger charge is -2.31. The smallest absolute Gasteiger partial charge is 0.410 e. The summed E-state index contributed by atoms with van der Waals surface area (Å²) in [7, 11) is 0. The van der Waals surface area contributed by atoms with Crippen LogP contribution in [0.3, 0.4) is 0 Å². The van der Waals surface area contributed by atoms with Gasteiger partial charge in [-0.25, -0.2) is 4.79 Å². The Bertz CT molecular complexity index is 317. The molecule has 0 aliphatic heterocycles. The van der Waals surface area contributed by atoms with Crippen molar-refractivity contribution in [2.75, 3.05) is 6.54 Å². The number of nitrogens with two attached hydrogens (primary N) is 1. The molecule has 0 unspecified atom stereocenters. The number of hydrogen-bond acceptors (Lipinski definition) is 4. The Balaban J connectivity index is 2.72. The Morgan fingerprint density at radius 2 is 2.00 bits per heavy atom. The van der Waals surface area contributed by atoms with E-state index >= 15 is 0 Å². The number of amides is 1. The van der Waals surface area contributed by atoms with Gasteiger partial charge < -0.3 is 15.7 Å². The molecule has 0 aromatic rings. The largest absolute Gasteiger partial charge is 0.444 e. The number of carbonyl (C=O) groups excluding carboxylic acids is 1. The average molecular weight is 257 g/mol. The summed E-state index contributed by atoms with van der Waals surface area (Å²) >= 11 is 0. The Hall–Kier alpha value is -1.46. The Morgan fingerprint density at radius 1 is 1.44 bits per heavy atom. The highest BCUT2D eigenvalue weighted by atomic mass is 16.6. The van der Waals surface area contributed by atoms with Crippen molar-refractivity contribution in [1.82, 2.24) is 4.90 Å². The van der Waals surface area contributed by atoms with E-state index in [1.807, 2.05) is 20.8 Å². The fraction of sp³-hybridized carbons (Fsp3) is 0.833. The molecule has 18 heavy (non-hydrogen) atoms. The lowest BCUT2D eigenvalue weighted by Crippen LogP contribution is -2.46. The van der Waals surface area contributed by atoms with Gasteiger partial charge in [0, 0.05) is 6.04 Å². The van der Waals surface area contributed by atoms with Crippen LogP contribution in [0, 0.1) is 0 Å². The molecule has 1 aliphatic rings. The topological polar surface area (TPSA) is 88.2 Å². The van der Waals surface area contributed by atoms with Crippen LogP contribution < -0.4 is 5.73 Å². The fourth-order valence-corrected chi connectivity index (χ4v) is 2.09. The van der Waals surface area contributed by atoms with Gasteiger partial charge in [-0.3, -0.25) is 4.90 Å². The molecule has 1 rings (SSSR count). The van der Waals surface area contributed by atoms with Gasteiger partial charge in [0.1, 0.15) is 5.60 Å². The third-order valence-electron chi connectivity index (χ3n) is 2.85. The first kappa shape index (κ1) is 14.6. The lowest BCUT2D eigenvalue weighted by molar-refractivity contribution is 0.0200. The fourth-order valence-electron chi connectivity index (χ4n) is 2.09. The Kier molecular flexibility index (Phi) is 4.81. The zero-order valence-electron chi connectivity index (χ0n) is 11.3. The zero-order valence-corrected chi connectivity index (χ0v) is 11.3. The highest BCUT2D eigenvalue weighted by Gasteiger charge is 2.30. The van der Waals surface area contributed by atoms with Crippen LogP contribution in [0.1, 0.15) is 46.5 Å². The molecular formula is C12H23N3O3. The van der Waals surface area contributed by atoms with Crippen molar-refractivity contribution in [2.45, 2.75) is 58.1 Å². The van der Waals surface area contributed by atoms with Gasteiger partial charge in [0.2, 0.25) is 0 Å². The monoisotopic (exact) mass is 257 g/mol. The van der Waals surface area contributed by atoms with Gasteiger partial charge in [0.25, 0.3) is 0 Å². The van der Waals surface area contributed by atoms with Crippen LogP contribution in [0.2, 0.25) is 0 Å². The van der Waals surface area contributed by atoms with Crippen LogP contribution in [-0.2, 0) is 4.74 Å². The summed E-state index contributed by atoms with van der Waals surface area (Å²) in [5.74, 6) is 0.0211. The van der Waals surface area contributed by atoms with E-state index in [9.17, 15) is 4.79 Å². The Labute approximate surface area is 108 Å². The van der Waals surface area contributed by atoms with E-state index in [4.69, 9.17) is 15.7 Å². The van der Waals surface area contributed by atoms with E-state index in [2.05, 4.69) is 5.16 Å². The third-order valence-corrected chi connectivity index (χ3v) is 2.85. The van der Waals surface area contributed by atoms with Gasteiger partial charge in [-0.1, -0.05) is 18.0 Å². The number of ether oxygens (including phenoxy) is 1. The maximum Gasteiger partial charge on any atom is 0.410 e. The second-order valence-corrected chi connectivity index (χ2v) is 5.64. The summed E-state index contributed by atoms with van der Waals surface area (Å²) in [5, 5.41) is 11.5. The van der Waals surface area contributed by atoms with Crippen molar-refractivity contribution in [3.05, 3.63) is 0 Å². The number of nitrogens with zero attached hydrogens (tertiary/aromatic N) is 2. The minimum absolute atomic E-state index is 0.0211.